The summed E-state index contributed by atoms with van der Waals surface area (Å²) in [6, 6.07) is 0.498. The lowest BCUT2D eigenvalue weighted by atomic mass is 9.85. The van der Waals surface area contributed by atoms with Crippen molar-refractivity contribution in [3.8, 4) is 0 Å². The van der Waals surface area contributed by atoms with Crippen LogP contribution in [0.25, 0.3) is 0 Å². The fraction of sp³-hybridized carbons (Fsp3) is 0.923. The molecule has 1 saturated carbocycles. The molecule has 0 radical (unpaired) electrons. The minimum atomic E-state index is -0.0323. The van der Waals surface area contributed by atoms with Crippen LogP contribution in [0.5, 0.6) is 0 Å². The molecule has 1 saturated heterocycles. The average Bonchev–Trinajstić information content (AvgIpc) is 2.70. The Labute approximate surface area is 98.4 Å². The van der Waals surface area contributed by atoms with Gasteiger partial charge >= 0.3 is 0 Å². The molecule has 0 spiro atoms. The van der Waals surface area contributed by atoms with Gasteiger partial charge in [0.25, 0.3) is 0 Å². The van der Waals surface area contributed by atoms with Crippen LogP contribution in [0.3, 0.4) is 0 Å². The SMILES string of the molecule is CC(N)C(C)C(=O)N1CCC2CCCCC21. The number of likely N-dealkylation sites (tertiary alicyclic amines) is 1. The van der Waals surface area contributed by atoms with Gasteiger partial charge in [0.1, 0.15) is 0 Å². The van der Waals surface area contributed by atoms with E-state index in [2.05, 4.69) is 4.90 Å². The largest absolute Gasteiger partial charge is 0.339 e. The quantitative estimate of drug-likeness (QED) is 0.777. The fourth-order valence-electron chi connectivity index (χ4n) is 3.17. The van der Waals surface area contributed by atoms with Crippen molar-refractivity contribution in [1.29, 1.82) is 0 Å². The first-order valence-corrected chi connectivity index (χ1v) is 6.67. The van der Waals surface area contributed by atoms with Crippen molar-refractivity contribution in [2.75, 3.05) is 6.54 Å². The van der Waals surface area contributed by atoms with E-state index in [0.717, 1.165) is 12.5 Å². The fourth-order valence-corrected chi connectivity index (χ4v) is 3.17. The van der Waals surface area contributed by atoms with Crippen molar-refractivity contribution in [2.45, 2.75) is 58.0 Å². The second kappa shape index (κ2) is 4.74. The third-order valence-corrected chi connectivity index (χ3v) is 4.47. The van der Waals surface area contributed by atoms with Gasteiger partial charge in [-0.15, -0.1) is 0 Å². The van der Waals surface area contributed by atoms with E-state index in [4.69, 9.17) is 5.73 Å². The van der Waals surface area contributed by atoms with Gasteiger partial charge in [0.05, 0.1) is 5.92 Å². The molecule has 3 heteroatoms. The maximum absolute atomic E-state index is 12.3. The van der Waals surface area contributed by atoms with Crippen LogP contribution in [0.4, 0.5) is 0 Å². The van der Waals surface area contributed by atoms with Gasteiger partial charge in [-0.3, -0.25) is 4.79 Å². The predicted octanol–water partition coefficient (Wildman–Crippen LogP) is 1.76. The van der Waals surface area contributed by atoms with E-state index in [1.807, 2.05) is 13.8 Å². The van der Waals surface area contributed by atoms with Crippen molar-refractivity contribution >= 4 is 5.91 Å². The van der Waals surface area contributed by atoms with Gasteiger partial charge in [-0.05, 0) is 32.1 Å². The number of nitrogens with zero attached hydrogens (tertiary/aromatic N) is 1. The molecule has 2 N–H and O–H groups in total. The Bertz CT molecular complexity index is 265. The van der Waals surface area contributed by atoms with Crippen molar-refractivity contribution < 1.29 is 4.79 Å². The van der Waals surface area contributed by atoms with Gasteiger partial charge < -0.3 is 10.6 Å². The van der Waals surface area contributed by atoms with E-state index in [1.54, 1.807) is 0 Å². The average molecular weight is 224 g/mol. The molecule has 4 atom stereocenters. The lowest BCUT2D eigenvalue weighted by Gasteiger charge is -2.33. The minimum Gasteiger partial charge on any atom is -0.339 e. The van der Waals surface area contributed by atoms with Crippen LogP contribution in [-0.2, 0) is 4.79 Å². The van der Waals surface area contributed by atoms with Gasteiger partial charge in [-0.2, -0.15) is 0 Å². The summed E-state index contributed by atoms with van der Waals surface area (Å²) in [5, 5.41) is 0. The summed E-state index contributed by atoms with van der Waals surface area (Å²) in [6.45, 7) is 4.85. The topological polar surface area (TPSA) is 46.3 Å². The van der Waals surface area contributed by atoms with E-state index in [1.165, 1.54) is 32.1 Å². The van der Waals surface area contributed by atoms with Crippen LogP contribution in [0.15, 0.2) is 0 Å². The normalized spacial score (nSPS) is 33.3. The molecular weight excluding hydrogens is 200 g/mol. The monoisotopic (exact) mass is 224 g/mol. The Morgan fingerprint density at radius 2 is 1.94 bits per heavy atom. The molecule has 2 aliphatic rings. The summed E-state index contributed by atoms with van der Waals surface area (Å²) >= 11 is 0. The van der Waals surface area contributed by atoms with Gasteiger partial charge in [-0.25, -0.2) is 0 Å². The molecule has 92 valence electrons. The van der Waals surface area contributed by atoms with Crippen LogP contribution < -0.4 is 5.73 Å². The van der Waals surface area contributed by atoms with E-state index >= 15 is 0 Å². The molecule has 4 unspecified atom stereocenters. The molecule has 2 rings (SSSR count). The number of hydrogen-bond acceptors (Lipinski definition) is 2. The third-order valence-electron chi connectivity index (χ3n) is 4.47. The first kappa shape index (κ1) is 11.9. The van der Waals surface area contributed by atoms with Gasteiger partial charge in [0.15, 0.2) is 0 Å². The predicted molar refractivity (Wildman–Crippen MR) is 64.9 cm³/mol. The lowest BCUT2D eigenvalue weighted by molar-refractivity contribution is -0.137. The second-order valence-electron chi connectivity index (χ2n) is 5.58. The summed E-state index contributed by atoms with van der Waals surface area (Å²) in [4.78, 5) is 14.4. The lowest BCUT2D eigenvalue weighted by Crippen LogP contribution is -2.45. The number of amides is 1. The molecule has 1 aliphatic carbocycles. The second-order valence-corrected chi connectivity index (χ2v) is 5.58. The Morgan fingerprint density at radius 1 is 1.25 bits per heavy atom. The molecule has 0 aromatic carbocycles. The number of rotatable bonds is 2. The van der Waals surface area contributed by atoms with Crippen LogP contribution in [-0.4, -0.2) is 29.4 Å². The third kappa shape index (κ3) is 2.10. The Hall–Kier alpha value is -0.570. The maximum atomic E-state index is 12.3. The highest BCUT2D eigenvalue weighted by atomic mass is 16.2. The van der Waals surface area contributed by atoms with E-state index in [0.29, 0.717) is 6.04 Å². The van der Waals surface area contributed by atoms with Crippen LogP contribution in [0, 0.1) is 11.8 Å². The molecular formula is C13H24N2O. The number of carbonyl (C=O) groups is 1. The van der Waals surface area contributed by atoms with Crippen LogP contribution in [0.1, 0.15) is 46.0 Å². The summed E-state index contributed by atoms with van der Waals surface area (Å²) in [5.41, 5.74) is 5.82. The van der Waals surface area contributed by atoms with Crippen molar-refractivity contribution in [3.05, 3.63) is 0 Å². The molecule has 0 bridgehead atoms. The minimum absolute atomic E-state index is 0.0272. The first-order valence-electron chi connectivity index (χ1n) is 6.67. The van der Waals surface area contributed by atoms with Gasteiger partial charge in [-0.1, -0.05) is 19.8 Å². The summed E-state index contributed by atoms with van der Waals surface area (Å²) in [6.07, 6.45) is 6.38. The Kier molecular flexibility index (Phi) is 3.53. The highest BCUT2D eigenvalue weighted by molar-refractivity contribution is 5.79. The van der Waals surface area contributed by atoms with E-state index < -0.39 is 0 Å². The zero-order valence-electron chi connectivity index (χ0n) is 10.5. The molecule has 3 nitrogen and oxygen atoms in total. The molecule has 0 aromatic heterocycles. The number of hydrogen-bond donors (Lipinski definition) is 1. The highest BCUT2D eigenvalue weighted by Crippen LogP contribution is 2.36. The van der Waals surface area contributed by atoms with Crippen molar-refractivity contribution in [3.63, 3.8) is 0 Å². The van der Waals surface area contributed by atoms with Crippen LogP contribution in [0.2, 0.25) is 0 Å². The maximum Gasteiger partial charge on any atom is 0.227 e. The molecule has 16 heavy (non-hydrogen) atoms. The Morgan fingerprint density at radius 3 is 2.62 bits per heavy atom. The standard InChI is InChI=1S/C13H24N2O/c1-9(10(2)14)13(16)15-8-7-11-5-3-4-6-12(11)15/h9-12H,3-8,14H2,1-2H3. The van der Waals surface area contributed by atoms with Gasteiger partial charge in [0.2, 0.25) is 5.91 Å². The number of fused-ring (bicyclic) bond motifs is 1. The Balaban J connectivity index is 2.02. The molecule has 1 heterocycles. The van der Waals surface area contributed by atoms with Crippen LogP contribution >= 0.6 is 0 Å². The first-order chi connectivity index (χ1) is 7.61. The molecule has 2 fully saturated rings. The van der Waals surface area contributed by atoms with Gasteiger partial charge in [0, 0.05) is 18.6 Å². The van der Waals surface area contributed by atoms with E-state index in [9.17, 15) is 4.79 Å². The number of carbonyl (C=O) groups excluding carboxylic acids is 1. The molecule has 1 amide bonds. The van der Waals surface area contributed by atoms with Crippen molar-refractivity contribution in [1.82, 2.24) is 4.90 Å². The number of nitrogens with two attached hydrogens (primary N) is 1. The molecule has 0 aromatic rings. The van der Waals surface area contributed by atoms with Crippen molar-refractivity contribution in [2.24, 2.45) is 17.6 Å². The highest BCUT2D eigenvalue weighted by Gasteiger charge is 2.39. The summed E-state index contributed by atoms with van der Waals surface area (Å²) < 4.78 is 0. The summed E-state index contributed by atoms with van der Waals surface area (Å²) in [5.74, 6) is 1.03. The smallest absolute Gasteiger partial charge is 0.227 e. The zero-order valence-corrected chi connectivity index (χ0v) is 10.5. The zero-order chi connectivity index (χ0) is 11.7. The summed E-state index contributed by atoms with van der Waals surface area (Å²) in [7, 11) is 0. The molecule has 1 aliphatic heterocycles. The van der Waals surface area contributed by atoms with E-state index in [-0.39, 0.29) is 17.9 Å².